The molecule has 3 aliphatic rings. The van der Waals surface area contributed by atoms with Gasteiger partial charge >= 0.3 is 0 Å². The SMILES string of the molecule is c1cc2nc(c1)CN1Cc3cccc(n3)CN(C2)Cc2ccc3ccc4ccc(nc4c3n2)C1. The Bertz CT molecular complexity index is 1390. The molecule has 3 aliphatic heterocycles. The Morgan fingerprint density at radius 3 is 1.09 bits per heavy atom. The molecular formula is C28H24N6. The van der Waals surface area contributed by atoms with Crippen LogP contribution >= 0.6 is 0 Å². The molecule has 0 unspecified atom stereocenters. The van der Waals surface area contributed by atoms with Crippen LogP contribution in [-0.4, -0.2) is 29.7 Å². The van der Waals surface area contributed by atoms with Crippen molar-refractivity contribution in [1.82, 2.24) is 29.7 Å². The first-order chi connectivity index (χ1) is 16.7. The average Bonchev–Trinajstić information content (AvgIpc) is 2.84. The van der Waals surface area contributed by atoms with E-state index in [9.17, 15) is 0 Å². The minimum Gasteiger partial charge on any atom is -0.286 e. The minimum atomic E-state index is 0.718. The third kappa shape index (κ3) is 3.71. The number of aromatic nitrogens is 4. The van der Waals surface area contributed by atoms with Gasteiger partial charge < -0.3 is 0 Å². The quantitative estimate of drug-likeness (QED) is 0.325. The van der Waals surface area contributed by atoms with Gasteiger partial charge in [0.05, 0.1) is 45.2 Å². The van der Waals surface area contributed by atoms with Gasteiger partial charge in [0.1, 0.15) is 0 Å². The van der Waals surface area contributed by atoms with E-state index in [4.69, 9.17) is 19.9 Å². The summed E-state index contributed by atoms with van der Waals surface area (Å²) in [4.78, 5) is 25.0. The van der Waals surface area contributed by atoms with E-state index in [0.717, 1.165) is 95.2 Å². The summed E-state index contributed by atoms with van der Waals surface area (Å²) in [5, 5.41) is 2.25. The van der Waals surface area contributed by atoms with E-state index in [0.29, 0.717) is 0 Å². The second kappa shape index (κ2) is 7.94. The van der Waals surface area contributed by atoms with E-state index in [1.165, 1.54) is 0 Å². The van der Waals surface area contributed by atoms with Crippen molar-refractivity contribution in [2.24, 2.45) is 0 Å². The minimum absolute atomic E-state index is 0.718. The number of hydrogen-bond donors (Lipinski definition) is 0. The van der Waals surface area contributed by atoms with E-state index in [2.05, 4.69) is 82.6 Å². The largest absolute Gasteiger partial charge is 0.286 e. The van der Waals surface area contributed by atoms with Crippen molar-refractivity contribution in [3.05, 3.63) is 107 Å². The molecular weight excluding hydrogens is 420 g/mol. The second-order valence-electron chi connectivity index (χ2n) is 9.35. The van der Waals surface area contributed by atoms with Crippen LogP contribution < -0.4 is 0 Å². The fourth-order valence-corrected chi connectivity index (χ4v) is 5.15. The molecule has 4 aromatic heterocycles. The molecule has 0 saturated carbocycles. The standard InChI is InChI=1S/C28H24N6/c1-3-21-13-33-15-23-5-2-6-24(30-23)16-34(14-22(4-1)29-21)18-26-12-10-20-8-7-19-9-11-25(17-33)31-27(19)28(20)32-26/h1-12H,13-18H2. The van der Waals surface area contributed by atoms with E-state index in [1.54, 1.807) is 0 Å². The van der Waals surface area contributed by atoms with Crippen LogP contribution in [0.5, 0.6) is 0 Å². The topological polar surface area (TPSA) is 58.0 Å². The molecule has 0 radical (unpaired) electrons. The van der Waals surface area contributed by atoms with Crippen molar-refractivity contribution in [1.29, 1.82) is 0 Å². The van der Waals surface area contributed by atoms with Crippen LogP contribution in [0.1, 0.15) is 34.2 Å². The number of pyridine rings is 4. The Labute approximate surface area is 197 Å². The van der Waals surface area contributed by atoms with Crippen LogP contribution in [0.3, 0.4) is 0 Å². The van der Waals surface area contributed by atoms with Crippen LogP contribution in [0.2, 0.25) is 0 Å². The van der Waals surface area contributed by atoms with E-state index in [-0.39, 0.29) is 0 Å². The molecule has 0 saturated heterocycles. The van der Waals surface area contributed by atoms with Gasteiger partial charge in [-0.3, -0.25) is 19.8 Å². The van der Waals surface area contributed by atoms with Crippen molar-refractivity contribution in [3.8, 4) is 0 Å². The fourth-order valence-electron chi connectivity index (χ4n) is 5.15. The Morgan fingerprint density at radius 1 is 0.382 bits per heavy atom. The molecule has 34 heavy (non-hydrogen) atoms. The molecule has 0 aliphatic carbocycles. The van der Waals surface area contributed by atoms with E-state index < -0.39 is 0 Å². The number of hydrogen-bond acceptors (Lipinski definition) is 6. The average molecular weight is 445 g/mol. The lowest BCUT2D eigenvalue weighted by Gasteiger charge is -2.25. The molecule has 0 amide bonds. The van der Waals surface area contributed by atoms with Gasteiger partial charge in [0.2, 0.25) is 0 Å². The smallest absolute Gasteiger partial charge is 0.0968 e. The monoisotopic (exact) mass is 444 g/mol. The highest BCUT2D eigenvalue weighted by atomic mass is 15.2. The molecule has 0 atom stereocenters. The van der Waals surface area contributed by atoms with E-state index >= 15 is 0 Å². The van der Waals surface area contributed by atoms with Crippen molar-refractivity contribution < 1.29 is 0 Å². The summed E-state index contributed by atoms with van der Waals surface area (Å²) in [6, 6.07) is 25.6. The Hall–Kier alpha value is -3.74. The summed E-state index contributed by atoms with van der Waals surface area (Å²) in [5.41, 5.74) is 8.32. The first-order valence-electron chi connectivity index (χ1n) is 11.8. The molecule has 5 aromatic rings. The van der Waals surface area contributed by atoms with Gasteiger partial charge in [0.25, 0.3) is 0 Å². The molecule has 1 aromatic carbocycles. The van der Waals surface area contributed by atoms with Crippen molar-refractivity contribution in [2.75, 3.05) is 0 Å². The van der Waals surface area contributed by atoms with Crippen LogP contribution in [0.15, 0.2) is 72.8 Å². The van der Waals surface area contributed by atoms with E-state index in [1.807, 2.05) is 0 Å². The first-order valence-corrected chi connectivity index (χ1v) is 11.8. The van der Waals surface area contributed by atoms with Gasteiger partial charge in [-0.25, -0.2) is 9.97 Å². The molecule has 10 bridgehead atoms. The molecule has 8 rings (SSSR count). The maximum Gasteiger partial charge on any atom is 0.0968 e. The fraction of sp³-hybridized carbons (Fsp3) is 0.214. The normalized spacial score (nSPS) is 19.6. The zero-order valence-electron chi connectivity index (χ0n) is 18.9. The highest BCUT2D eigenvalue weighted by Crippen LogP contribution is 2.25. The Balaban J connectivity index is 1.48. The molecule has 166 valence electrons. The molecule has 0 N–H and O–H groups in total. The van der Waals surface area contributed by atoms with Gasteiger partial charge in [-0.05, 0) is 36.4 Å². The van der Waals surface area contributed by atoms with Crippen LogP contribution in [0.4, 0.5) is 0 Å². The first kappa shape index (κ1) is 19.7. The predicted octanol–water partition coefficient (Wildman–Crippen LogP) is 4.60. The second-order valence-corrected chi connectivity index (χ2v) is 9.35. The predicted molar refractivity (Wildman–Crippen MR) is 131 cm³/mol. The van der Waals surface area contributed by atoms with Gasteiger partial charge in [-0.15, -0.1) is 0 Å². The van der Waals surface area contributed by atoms with Gasteiger partial charge in [-0.2, -0.15) is 0 Å². The lowest BCUT2D eigenvalue weighted by molar-refractivity contribution is 0.225. The van der Waals surface area contributed by atoms with Crippen LogP contribution in [0, 0.1) is 0 Å². The summed E-state index contributed by atoms with van der Waals surface area (Å²) in [6.45, 7) is 4.42. The maximum absolute atomic E-state index is 5.11. The van der Waals surface area contributed by atoms with Gasteiger partial charge in [0.15, 0.2) is 0 Å². The van der Waals surface area contributed by atoms with Crippen LogP contribution in [-0.2, 0) is 39.3 Å². The highest BCUT2D eigenvalue weighted by Gasteiger charge is 2.18. The maximum atomic E-state index is 5.11. The summed E-state index contributed by atoms with van der Waals surface area (Å²) in [6.07, 6.45) is 0. The molecule has 0 spiro atoms. The third-order valence-electron chi connectivity index (χ3n) is 6.68. The molecule has 6 nitrogen and oxygen atoms in total. The number of benzene rings is 1. The Kier molecular flexibility index (Phi) is 4.60. The zero-order chi connectivity index (χ0) is 22.5. The summed E-state index contributed by atoms with van der Waals surface area (Å²) in [5.74, 6) is 0. The zero-order valence-corrected chi connectivity index (χ0v) is 18.9. The summed E-state index contributed by atoms with van der Waals surface area (Å²) >= 11 is 0. The van der Waals surface area contributed by atoms with Crippen LogP contribution in [0.25, 0.3) is 21.8 Å². The third-order valence-corrected chi connectivity index (χ3v) is 6.68. The van der Waals surface area contributed by atoms with Crippen molar-refractivity contribution >= 4 is 21.8 Å². The lowest BCUT2D eigenvalue weighted by Crippen LogP contribution is -2.27. The summed E-state index contributed by atoms with van der Waals surface area (Å²) < 4.78 is 0. The van der Waals surface area contributed by atoms with Crippen molar-refractivity contribution in [3.63, 3.8) is 0 Å². The molecule has 0 fully saturated rings. The van der Waals surface area contributed by atoms with Gasteiger partial charge in [-0.1, -0.05) is 36.4 Å². The number of nitrogens with zero attached hydrogens (tertiary/aromatic N) is 6. The number of rotatable bonds is 0. The molecule has 7 heterocycles. The van der Waals surface area contributed by atoms with Gasteiger partial charge in [0, 0.05) is 50.0 Å². The summed E-state index contributed by atoms with van der Waals surface area (Å²) in [7, 11) is 0. The Morgan fingerprint density at radius 2 is 0.706 bits per heavy atom. The van der Waals surface area contributed by atoms with Crippen molar-refractivity contribution in [2.45, 2.75) is 39.3 Å². The highest BCUT2D eigenvalue weighted by molar-refractivity contribution is 6.02. The molecule has 6 heteroatoms. The lowest BCUT2D eigenvalue weighted by atomic mass is 10.1.